The third-order valence-corrected chi connectivity index (χ3v) is 4.50. The number of benzene rings is 3. The second-order valence-electron chi connectivity index (χ2n) is 6.47. The number of carbonyl (C=O) groups is 2. The summed E-state index contributed by atoms with van der Waals surface area (Å²) in [5.74, 6) is -0.608. The van der Waals surface area contributed by atoms with Crippen molar-refractivity contribution < 1.29 is 23.8 Å². The molecule has 0 radical (unpaired) electrons. The maximum Gasteiger partial charge on any atom is 0.351 e. The van der Waals surface area contributed by atoms with Crippen molar-refractivity contribution in [2.24, 2.45) is 0 Å². The van der Waals surface area contributed by atoms with E-state index in [1.54, 1.807) is 37.4 Å². The highest BCUT2D eigenvalue weighted by Gasteiger charge is 2.30. The molecule has 0 aromatic heterocycles. The number of hydrogen-bond donors (Lipinski definition) is 1. The van der Waals surface area contributed by atoms with Crippen LogP contribution in [0.2, 0.25) is 0 Å². The molecule has 0 aliphatic heterocycles. The van der Waals surface area contributed by atoms with Crippen molar-refractivity contribution in [3.8, 4) is 5.75 Å². The average Bonchev–Trinajstić information content (AvgIpc) is 2.81. The molecule has 0 heterocycles. The summed E-state index contributed by atoms with van der Waals surface area (Å²) in [6.45, 7) is 0. The number of hydrogen-bond acceptors (Lipinski definition) is 6. The second kappa shape index (κ2) is 10.1. The molecule has 0 amide bonds. The van der Waals surface area contributed by atoms with Crippen molar-refractivity contribution in [1.82, 2.24) is 0 Å². The van der Waals surface area contributed by atoms with E-state index in [0.717, 1.165) is 0 Å². The van der Waals surface area contributed by atoms with E-state index in [1.807, 2.05) is 54.6 Å². The van der Waals surface area contributed by atoms with Crippen molar-refractivity contribution in [3.63, 3.8) is 0 Å². The lowest BCUT2D eigenvalue weighted by Crippen LogP contribution is -2.28. The molecule has 3 rings (SSSR count). The highest BCUT2D eigenvalue weighted by molar-refractivity contribution is 5.85. The first-order chi connectivity index (χ1) is 14.6. The third kappa shape index (κ3) is 5.17. The Morgan fingerprint density at radius 3 is 2.00 bits per heavy atom. The van der Waals surface area contributed by atoms with E-state index in [9.17, 15) is 9.59 Å². The number of methoxy groups -OCH3 is 2. The summed E-state index contributed by atoms with van der Waals surface area (Å²) in [6.07, 6.45) is -1.16. The molecule has 0 aliphatic rings. The molecule has 30 heavy (non-hydrogen) atoms. The third-order valence-electron chi connectivity index (χ3n) is 4.50. The highest BCUT2D eigenvalue weighted by atomic mass is 16.6. The van der Waals surface area contributed by atoms with Crippen LogP contribution in [-0.2, 0) is 19.1 Å². The van der Waals surface area contributed by atoms with Crippen LogP contribution in [0, 0.1) is 0 Å². The van der Waals surface area contributed by atoms with Crippen molar-refractivity contribution in [2.75, 3.05) is 19.5 Å². The van der Waals surface area contributed by atoms with Gasteiger partial charge in [0.1, 0.15) is 5.75 Å². The number of rotatable bonds is 8. The zero-order valence-electron chi connectivity index (χ0n) is 16.8. The predicted molar refractivity (Wildman–Crippen MR) is 113 cm³/mol. The number of carbonyl (C=O) groups excluding carboxylic acids is 2. The molecule has 3 aromatic carbocycles. The first-order valence-corrected chi connectivity index (χ1v) is 9.41. The molecule has 0 saturated heterocycles. The van der Waals surface area contributed by atoms with Gasteiger partial charge in [-0.25, -0.2) is 9.59 Å². The van der Waals surface area contributed by atoms with Crippen molar-refractivity contribution in [3.05, 3.63) is 96.1 Å². The Kier molecular flexibility index (Phi) is 7.05. The van der Waals surface area contributed by atoms with E-state index < -0.39 is 24.1 Å². The average molecular weight is 405 g/mol. The lowest BCUT2D eigenvalue weighted by molar-refractivity contribution is -0.167. The minimum absolute atomic E-state index is 0.533. The largest absolute Gasteiger partial charge is 0.497 e. The van der Waals surface area contributed by atoms with Crippen molar-refractivity contribution in [2.45, 2.75) is 12.1 Å². The summed E-state index contributed by atoms with van der Waals surface area (Å²) in [5, 5.41) is 3.18. The fourth-order valence-electron chi connectivity index (χ4n) is 2.97. The molecule has 6 nitrogen and oxygen atoms in total. The molecule has 3 aromatic rings. The number of anilines is 1. The lowest BCUT2D eigenvalue weighted by atomic mass is 10.1. The van der Waals surface area contributed by atoms with Crippen molar-refractivity contribution >= 4 is 17.6 Å². The quantitative estimate of drug-likeness (QED) is 0.563. The van der Waals surface area contributed by atoms with Crippen LogP contribution in [0.1, 0.15) is 23.3 Å². The van der Waals surface area contributed by atoms with Gasteiger partial charge in [-0.2, -0.15) is 0 Å². The van der Waals surface area contributed by atoms with Crippen LogP contribution >= 0.6 is 0 Å². The van der Waals surface area contributed by atoms with Crippen LogP contribution in [0.15, 0.2) is 84.9 Å². The van der Waals surface area contributed by atoms with Gasteiger partial charge < -0.3 is 19.5 Å². The number of esters is 2. The normalized spacial score (nSPS) is 12.3. The molecule has 6 heteroatoms. The first kappa shape index (κ1) is 20.9. The molecular weight excluding hydrogens is 382 g/mol. The van der Waals surface area contributed by atoms with Crippen molar-refractivity contribution in [1.29, 1.82) is 0 Å². The summed E-state index contributed by atoms with van der Waals surface area (Å²) in [6, 6.07) is 24.3. The molecule has 0 fully saturated rings. The zero-order chi connectivity index (χ0) is 21.3. The molecular formula is C24H23NO5. The van der Waals surface area contributed by atoms with Crippen LogP contribution in [0.3, 0.4) is 0 Å². The minimum atomic E-state index is -1.16. The van der Waals surface area contributed by atoms with Gasteiger partial charge in [-0.05, 0) is 17.7 Å². The summed E-state index contributed by atoms with van der Waals surface area (Å²) in [5.41, 5.74) is 1.90. The van der Waals surface area contributed by atoms with E-state index in [0.29, 0.717) is 22.6 Å². The summed E-state index contributed by atoms with van der Waals surface area (Å²) in [4.78, 5) is 25.5. The Hall–Kier alpha value is -3.80. The van der Waals surface area contributed by atoms with E-state index in [2.05, 4.69) is 5.32 Å². The monoisotopic (exact) mass is 405 g/mol. The molecule has 1 N–H and O–H groups in total. The van der Waals surface area contributed by atoms with Gasteiger partial charge in [-0.15, -0.1) is 0 Å². The summed E-state index contributed by atoms with van der Waals surface area (Å²) in [7, 11) is 2.83. The lowest BCUT2D eigenvalue weighted by Gasteiger charge is -2.23. The Morgan fingerprint density at radius 1 is 0.767 bits per heavy atom. The molecule has 2 atom stereocenters. The van der Waals surface area contributed by atoms with Crippen LogP contribution in [0.25, 0.3) is 0 Å². The van der Waals surface area contributed by atoms with Crippen LogP contribution in [-0.4, -0.2) is 26.2 Å². The van der Waals surface area contributed by atoms with Gasteiger partial charge in [0.05, 0.1) is 14.2 Å². The smallest absolute Gasteiger partial charge is 0.351 e. The Balaban J connectivity index is 1.90. The van der Waals surface area contributed by atoms with E-state index in [-0.39, 0.29) is 0 Å². The van der Waals surface area contributed by atoms with E-state index in [1.165, 1.54) is 7.11 Å². The van der Waals surface area contributed by atoms with Gasteiger partial charge in [0.15, 0.2) is 6.04 Å². The van der Waals surface area contributed by atoms with Crippen LogP contribution < -0.4 is 10.1 Å². The minimum Gasteiger partial charge on any atom is -0.497 e. The predicted octanol–water partition coefficient (Wildman–Crippen LogP) is 4.31. The maximum atomic E-state index is 13.2. The Morgan fingerprint density at radius 2 is 1.40 bits per heavy atom. The SMILES string of the molecule is COC(=O)[C@@H](OC(=O)[C@H](Nc1cccc(OC)c1)c1ccccc1)c1ccccc1. The van der Waals surface area contributed by atoms with E-state index in [4.69, 9.17) is 14.2 Å². The maximum absolute atomic E-state index is 13.2. The Bertz CT molecular complexity index is 975. The first-order valence-electron chi connectivity index (χ1n) is 9.41. The van der Waals surface area contributed by atoms with Gasteiger partial charge in [-0.1, -0.05) is 66.7 Å². The molecule has 0 bridgehead atoms. The Labute approximate surface area is 175 Å². The fourth-order valence-corrected chi connectivity index (χ4v) is 2.97. The molecule has 0 spiro atoms. The molecule has 0 unspecified atom stereocenters. The van der Waals surface area contributed by atoms with Gasteiger partial charge in [0, 0.05) is 17.3 Å². The molecule has 0 aliphatic carbocycles. The topological polar surface area (TPSA) is 73.9 Å². The van der Waals surface area contributed by atoms with Crippen LogP contribution in [0.5, 0.6) is 5.75 Å². The van der Waals surface area contributed by atoms with Gasteiger partial charge >= 0.3 is 11.9 Å². The molecule has 0 saturated carbocycles. The standard InChI is InChI=1S/C24H23NO5/c1-28-20-15-9-14-19(16-20)25-21(17-10-5-3-6-11-17)23(26)30-22(24(27)29-2)18-12-7-4-8-13-18/h3-16,21-22,25H,1-2H3/t21-,22+/m1/s1. The van der Waals surface area contributed by atoms with Gasteiger partial charge in [0.2, 0.25) is 6.10 Å². The summed E-state index contributed by atoms with van der Waals surface area (Å²) >= 11 is 0. The zero-order valence-corrected chi connectivity index (χ0v) is 16.8. The number of ether oxygens (including phenoxy) is 3. The van der Waals surface area contributed by atoms with Crippen LogP contribution in [0.4, 0.5) is 5.69 Å². The number of nitrogens with one attached hydrogen (secondary N) is 1. The second-order valence-corrected chi connectivity index (χ2v) is 6.47. The van der Waals surface area contributed by atoms with Gasteiger partial charge in [-0.3, -0.25) is 0 Å². The fraction of sp³-hybridized carbons (Fsp3) is 0.167. The van der Waals surface area contributed by atoms with Gasteiger partial charge in [0.25, 0.3) is 0 Å². The molecule has 154 valence electrons. The van der Waals surface area contributed by atoms with E-state index >= 15 is 0 Å². The summed E-state index contributed by atoms with van der Waals surface area (Å²) < 4.78 is 15.7. The highest BCUT2D eigenvalue weighted by Crippen LogP contribution is 2.27.